The Morgan fingerprint density at radius 1 is 1.16 bits per heavy atom. The average molecular weight is 336 g/mol. The summed E-state index contributed by atoms with van der Waals surface area (Å²) < 4.78 is 5.84. The van der Waals surface area contributed by atoms with E-state index in [-0.39, 0.29) is 5.91 Å². The number of amides is 1. The van der Waals surface area contributed by atoms with E-state index in [0.29, 0.717) is 23.8 Å². The first-order valence-electron chi connectivity index (χ1n) is 8.84. The van der Waals surface area contributed by atoms with E-state index in [0.717, 1.165) is 30.5 Å². The zero-order valence-corrected chi connectivity index (χ0v) is 14.6. The maximum Gasteiger partial charge on any atom is 0.275 e. The summed E-state index contributed by atoms with van der Waals surface area (Å²) in [5, 5.41) is 4.33. The number of nitrogens with zero attached hydrogens (tertiary/aromatic N) is 1. The van der Waals surface area contributed by atoms with Gasteiger partial charge in [-0.25, -0.2) is 5.43 Å². The van der Waals surface area contributed by atoms with Gasteiger partial charge < -0.3 is 4.74 Å². The molecule has 1 atom stereocenters. The summed E-state index contributed by atoms with van der Waals surface area (Å²) in [6.45, 7) is 2.65. The van der Waals surface area contributed by atoms with Crippen LogP contribution in [0.4, 0.5) is 0 Å². The normalized spacial score (nSPS) is 18.8. The Balaban J connectivity index is 1.65. The Kier molecular flexibility index (Phi) is 5.83. The minimum absolute atomic E-state index is 0.227. The number of nitrogens with one attached hydrogen (secondary N) is 1. The number of benzene rings is 2. The number of para-hydroxylation sites is 1. The molecule has 1 saturated carbocycles. The van der Waals surface area contributed by atoms with Crippen LogP contribution in [0.3, 0.4) is 0 Å². The second-order valence-corrected chi connectivity index (χ2v) is 6.59. The molecular weight excluding hydrogens is 312 g/mol. The Morgan fingerprint density at radius 3 is 2.72 bits per heavy atom. The second kappa shape index (κ2) is 8.47. The first-order chi connectivity index (χ1) is 12.2. The summed E-state index contributed by atoms with van der Waals surface area (Å²) in [7, 11) is 0. The quantitative estimate of drug-likeness (QED) is 0.814. The van der Waals surface area contributed by atoms with Gasteiger partial charge in [-0.3, -0.25) is 4.79 Å². The van der Waals surface area contributed by atoms with E-state index < -0.39 is 0 Å². The van der Waals surface area contributed by atoms with Gasteiger partial charge in [0.2, 0.25) is 0 Å². The van der Waals surface area contributed by atoms with Crippen molar-refractivity contribution in [2.24, 2.45) is 11.0 Å². The van der Waals surface area contributed by atoms with Gasteiger partial charge in [-0.2, -0.15) is 5.10 Å². The smallest absolute Gasteiger partial charge is 0.275 e. The van der Waals surface area contributed by atoms with Gasteiger partial charge in [-0.1, -0.05) is 49.4 Å². The predicted molar refractivity (Wildman–Crippen MR) is 99.7 cm³/mol. The van der Waals surface area contributed by atoms with Gasteiger partial charge in [0.15, 0.2) is 0 Å². The third-order valence-electron chi connectivity index (χ3n) is 4.43. The van der Waals surface area contributed by atoms with Crippen LogP contribution in [-0.4, -0.2) is 11.6 Å². The second-order valence-electron chi connectivity index (χ2n) is 6.59. The summed E-state index contributed by atoms with van der Waals surface area (Å²) >= 11 is 0. The molecule has 4 heteroatoms. The molecule has 25 heavy (non-hydrogen) atoms. The highest BCUT2D eigenvalue weighted by atomic mass is 16.5. The van der Waals surface area contributed by atoms with Crippen molar-refractivity contribution in [1.29, 1.82) is 0 Å². The SMILES string of the molecule is C[C@H]1CCC/C(=N/NC(=O)c2ccccc2OCc2ccccc2)C1. The Hall–Kier alpha value is -2.62. The molecule has 1 aliphatic carbocycles. The fourth-order valence-electron chi connectivity index (χ4n) is 3.07. The van der Waals surface area contributed by atoms with Gasteiger partial charge in [0.25, 0.3) is 5.91 Å². The molecule has 0 radical (unpaired) electrons. The molecule has 0 heterocycles. The van der Waals surface area contributed by atoms with E-state index in [2.05, 4.69) is 17.5 Å². The summed E-state index contributed by atoms with van der Waals surface area (Å²) in [6, 6.07) is 17.2. The number of rotatable bonds is 5. The van der Waals surface area contributed by atoms with Crippen LogP contribution in [0.15, 0.2) is 59.7 Å². The molecule has 4 nitrogen and oxygen atoms in total. The van der Waals surface area contributed by atoms with Crippen LogP contribution >= 0.6 is 0 Å². The van der Waals surface area contributed by atoms with Gasteiger partial charge in [0, 0.05) is 5.71 Å². The van der Waals surface area contributed by atoms with Gasteiger partial charge >= 0.3 is 0 Å². The van der Waals surface area contributed by atoms with Crippen LogP contribution in [0.1, 0.15) is 48.5 Å². The number of ether oxygens (including phenoxy) is 1. The van der Waals surface area contributed by atoms with Gasteiger partial charge in [0.1, 0.15) is 12.4 Å². The molecule has 0 spiro atoms. The van der Waals surface area contributed by atoms with E-state index in [4.69, 9.17) is 4.74 Å². The van der Waals surface area contributed by atoms with Crippen LogP contribution in [0.2, 0.25) is 0 Å². The standard InChI is InChI=1S/C21H24N2O2/c1-16-8-7-11-18(14-16)22-23-21(24)19-12-5-6-13-20(19)25-15-17-9-3-2-4-10-17/h2-6,9-10,12-13,16H,7-8,11,14-15H2,1H3,(H,23,24)/b22-18-/t16-/m0/s1. The average Bonchev–Trinajstić information content (AvgIpc) is 2.65. The van der Waals surface area contributed by atoms with E-state index in [9.17, 15) is 4.79 Å². The summed E-state index contributed by atoms with van der Waals surface area (Å²) in [5.41, 5.74) is 5.35. The first kappa shape index (κ1) is 17.2. The maximum absolute atomic E-state index is 12.5. The summed E-state index contributed by atoms with van der Waals surface area (Å²) in [6.07, 6.45) is 4.32. The fourth-order valence-corrected chi connectivity index (χ4v) is 3.07. The molecule has 2 aromatic rings. The Labute approximate surface area is 148 Å². The molecule has 0 bridgehead atoms. The van der Waals surface area contributed by atoms with Crippen molar-refractivity contribution in [3.05, 3.63) is 65.7 Å². The van der Waals surface area contributed by atoms with E-state index in [1.807, 2.05) is 48.5 Å². The predicted octanol–water partition coefficient (Wildman–Crippen LogP) is 4.56. The number of carbonyl (C=O) groups is 1. The van der Waals surface area contributed by atoms with Crippen molar-refractivity contribution >= 4 is 11.6 Å². The maximum atomic E-state index is 12.5. The zero-order valence-electron chi connectivity index (χ0n) is 14.6. The van der Waals surface area contributed by atoms with Gasteiger partial charge in [0.05, 0.1) is 5.56 Å². The third-order valence-corrected chi connectivity index (χ3v) is 4.43. The van der Waals surface area contributed by atoms with E-state index in [1.165, 1.54) is 6.42 Å². The lowest BCUT2D eigenvalue weighted by atomic mass is 9.89. The van der Waals surface area contributed by atoms with Gasteiger partial charge in [-0.05, 0) is 49.3 Å². The molecule has 0 unspecified atom stereocenters. The molecule has 0 aromatic heterocycles. The molecule has 2 aromatic carbocycles. The molecule has 0 aliphatic heterocycles. The van der Waals surface area contributed by atoms with Crippen LogP contribution in [0, 0.1) is 5.92 Å². The summed E-state index contributed by atoms with van der Waals surface area (Å²) in [4.78, 5) is 12.5. The number of hydrogen-bond donors (Lipinski definition) is 1. The van der Waals surface area contributed by atoms with Crippen LogP contribution < -0.4 is 10.2 Å². The molecule has 1 aliphatic rings. The molecule has 3 rings (SSSR count). The lowest BCUT2D eigenvalue weighted by molar-refractivity contribution is 0.0950. The fraction of sp³-hybridized carbons (Fsp3) is 0.333. The third kappa shape index (κ3) is 4.92. The number of hydrogen-bond acceptors (Lipinski definition) is 3. The minimum Gasteiger partial charge on any atom is -0.488 e. The van der Waals surface area contributed by atoms with Crippen molar-refractivity contribution in [1.82, 2.24) is 5.43 Å². The zero-order chi connectivity index (χ0) is 17.5. The van der Waals surface area contributed by atoms with Crippen LogP contribution in [-0.2, 0) is 6.61 Å². The van der Waals surface area contributed by atoms with Crippen molar-refractivity contribution in [2.75, 3.05) is 0 Å². The lowest BCUT2D eigenvalue weighted by Gasteiger charge is -2.19. The minimum atomic E-state index is -0.227. The molecule has 1 fully saturated rings. The van der Waals surface area contributed by atoms with Crippen molar-refractivity contribution in [3.8, 4) is 5.75 Å². The van der Waals surface area contributed by atoms with Crippen LogP contribution in [0.25, 0.3) is 0 Å². The van der Waals surface area contributed by atoms with Crippen LogP contribution in [0.5, 0.6) is 5.75 Å². The molecule has 130 valence electrons. The van der Waals surface area contributed by atoms with Crippen molar-refractivity contribution in [3.63, 3.8) is 0 Å². The lowest BCUT2D eigenvalue weighted by Crippen LogP contribution is -2.22. The van der Waals surface area contributed by atoms with E-state index >= 15 is 0 Å². The largest absolute Gasteiger partial charge is 0.488 e. The Morgan fingerprint density at radius 2 is 1.92 bits per heavy atom. The monoisotopic (exact) mass is 336 g/mol. The van der Waals surface area contributed by atoms with Crippen molar-refractivity contribution < 1.29 is 9.53 Å². The highest BCUT2D eigenvalue weighted by molar-refractivity contribution is 5.97. The Bertz CT molecular complexity index is 741. The summed E-state index contributed by atoms with van der Waals surface area (Å²) in [5.74, 6) is 0.987. The van der Waals surface area contributed by atoms with E-state index in [1.54, 1.807) is 6.07 Å². The number of carbonyl (C=O) groups excluding carboxylic acids is 1. The van der Waals surface area contributed by atoms with Crippen molar-refractivity contribution in [2.45, 2.75) is 39.2 Å². The topological polar surface area (TPSA) is 50.7 Å². The highest BCUT2D eigenvalue weighted by Crippen LogP contribution is 2.22. The highest BCUT2D eigenvalue weighted by Gasteiger charge is 2.16. The molecule has 1 N–H and O–H groups in total. The molecular formula is C21H24N2O2. The molecule has 0 saturated heterocycles. The molecule has 1 amide bonds. The van der Waals surface area contributed by atoms with Gasteiger partial charge in [-0.15, -0.1) is 0 Å². The first-order valence-corrected chi connectivity index (χ1v) is 8.84. The number of hydrazone groups is 1.